The molecule has 0 saturated carbocycles. The third kappa shape index (κ3) is 29.0. The number of hydrogen-bond acceptors (Lipinski definition) is 5. The fraction of sp³-hybridized carbons (Fsp3) is 0.917. The molecule has 3 unspecified atom stereocenters. The van der Waals surface area contributed by atoms with Gasteiger partial charge in [0.25, 0.3) is 0 Å². The summed E-state index contributed by atoms with van der Waals surface area (Å²) in [6.07, 6.45) is 34.8. The first-order valence-electron chi connectivity index (χ1n) is 17.9. The highest BCUT2D eigenvalue weighted by Crippen LogP contribution is 2.15. The van der Waals surface area contributed by atoms with Gasteiger partial charge in [0.05, 0.1) is 18.2 Å². The topological polar surface area (TPSA) is 92.8 Å². The molecule has 0 radical (unpaired) electrons. The molecular weight excluding hydrogens is 510 g/mol. The first kappa shape index (κ1) is 40.1. The highest BCUT2D eigenvalue weighted by molar-refractivity contribution is 5.69. The number of carbonyl (C=O) groups is 1. The van der Waals surface area contributed by atoms with Gasteiger partial charge >= 0.3 is 5.97 Å². The molecule has 0 fully saturated rings. The lowest BCUT2D eigenvalue weighted by Crippen LogP contribution is -2.46. The van der Waals surface area contributed by atoms with Gasteiger partial charge in [-0.05, 0) is 38.5 Å². The van der Waals surface area contributed by atoms with E-state index in [1.807, 2.05) is 0 Å². The van der Waals surface area contributed by atoms with Crippen molar-refractivity contribution < 1.29 is 19.7 Å². The first-order chi connectivity index (χ1) is 20.0. The molecule has 0 aromatic heterocycles. The van der Waals surface area contributed by atoms with E-state index in [2.05, 4.69) is 26.0 Å². The zero-order valence-electron chi connectivity index (χ0n) is 27.5. The monoisotopic (exact) mass is 582 g/mol. The third-order valence-electron chi connectivity index (χ3n) is 8.27. The largest absolute Gasteiger partial charge is 0.464 e. The molecule has 0 aliphatic heterocycles. The number of rotatable bonds is 32. The van der Waals surface area contributed by atoms with Gasteiger partial charge in [0.1, 0.15) is 6.61 Å². The molecule has 3 atom stereocenters. The van der Waals surface area contributed by atoms with Gasteiger partial charge in [0.15, 0.2) is 0 Å². The van der Waals surface area contributed by atoms with Crippen molar-refractivity contribution in [3.63, 3.8) is 0 Å². The van der Waals surface area contributed by atoms with E-state index >= 15 is 0 Å². The second kappa shape index (κ2) is 32.0. The summed E-state index contributed by atoms with van der Waals surface area (Å²) in [5, 5.41) is 20.6. The van der Waals surface area contributed by atoms with E-state index in [0.717, 1.165) is 38.5 Å². The van der Waals surface area contributed by atoms with Crippen molar-refractivity contribution in [1.82, 2.24) is 0 Å². The van der Waals surface area contributed by atoms with E-state index in [1.165, 1.54) is 122 Å². The van der Waals surface area contributed by atoms with Crippen molar-refractivity contribution >= 4 is 5.97 Å². The Hall–Kier alpha value is -0.910. The van der Waals surface area contributed by atoms with Crippen LogP contribution in [0.1, 0.15) is 187 Å². The van der Waals surface area contributed by atoms with Gasteiger partial charge < -0.3 is 20.7 Å². The minimum Gasteiger partial charge on any atom is -0.464 e. The van der Waals surface area contributed by atoms with Gasteiger partial charge in [-0.25, -0.2) is 0 Å². The van der Waals surface area contributed by atoms with Crippen molar-refractivity contribution in [3.8, 4) is 0 Å². The molecule has 244 valence electrons. The molecule has 0 bridgehead atoms. The number of esters is 1. The van der Waals surface area contributed by atoms with Gasteiger partial charge in [-0.2, -0.15) is 0 Å². The minimum absolute atomic E-state index is 0.0411. The molecule has 0 amide bonds. The average Bonchev–Trinajstić information content (AvgIpc) is 2.97. The molecule has 0 heterocycles. The van der Waals surface area contributed by atoms with E-state index in [0.29, 0.717) is 12.8 Å². The van der Waals surface area contributed by atoms with E-state index in [1.54, 1.807) is 0 Å². The van der Waals surface area contributed by atoms with E-state index in [-0.39, 0.29) is 12.6 Å². The lowest BCUT2D eigenvalue weighted by molar-refractivity contribution is -0.145. The lowest BCUT2D eigenvalue weighted by Gasteiger charge is -2.23. The summed E-state index contributed by atoms with van der Waals surface area (Å²) in [4.78, 5) is 12.0. The van der Waals surface area contributed by atoms with Crippen molar-refractivity contribution in [2.24, 2.45) is 5.73 Å². The Labute approximate surface area is 255 Å². The maximum Gasteiger partial charge on any atom is 0.305 e. The van der Waals surface area contributed by atoms with E-state index in [9.17, 15) is 15.0 Å². The first-order valence-corrected chi connectivity index (χ1v) is 17.9. The molecule has 0 saturated heterocycles. The van der Waals surface area contributed by atoms with Crippen LogP contribution in [0, 0.1) is 0 Å². The number of allylic oxidation sites excluding steroid dienone is 2. The van der Waals surface area contributed by atoms with Crippen LogP contribution in [-0.4, -0.2) is 41.0 Å². The fourth-order valence-corrected chi connectivity index (χ4v) is 5.35. The smallest absolute Gasteiger partial charge is 0.305 e. The second-order valence-electron chi connectivity index (χ2n) is 12.4. The van der Waals surface area contributed by atoms with Crippen LogP contribution in [0.15, 0.2) is 12.2 Å². The van der Waals surface area contributed by atoms with Crippen LogP contribution in [0.5, 0.6) is 0 Å². The Morgan fingerprint density at radius 3 is 1.46 bits per heavy atom. The zero-order chi connectivity index (χ0) is 30.2. The molecule has 0 rings (SSSR count). The molecule has 0 aromatic carbocycles. The molecule has 0 aromatic rings. The molecule has 5 heteroatoms. The van der Waals surface area contributed by atoms with Crippen LogP contribution in [-0.2, 0) is 9.53 Å². The molecule has 5 nitrogen and oxygen atoms in total. The number of aliphatic hydroxyl groups is 2. The fourth-order valence-electron chi connectivity index (χ4n) is 5.35. The Bertz CT molecular complexity index is 568. The molecule has 4 N–H and O–H groups in total. The quantitative estimate of drug-likeness (QED) is 0.0418. The van der Waals surface area contributed by atoms with Crippen LogP contribution in [0.2, 0.25) is 0 Å². The number of hydrogen-bond donors (Lipinski definition) is 3. The molecule has 0 spiro atoms. The van der Waals surface area contributed by atoms with Crippen LogP contribution >= 0.6 is 0 Å². The summed E-state index contributed by atoms with van der Waals surface area (Å²) in [6.45, 7) is 4.48. The highest BCUT2D eigenvalue weighted by Gasteiger charge is 2.24. The van der Waals surface area contributed by atoms with E-state index < -0.39 is 18.2 Å². The Kier molecular flexibility index (Phi) is 31.3. The van der Waals surface area contributed by atoms with Gasteiger partial charge in [-0.15, -0.1) is 0 Å². The Balaban J connectivity index is 3.57. The maximum atomic E-state index is 12.0. The Morgan fingerprint density at radius 1 is 0.610 bits per heavy atom. The van der Waals surface area contributed by atoms with Crippen molar-refractivity contribution in [1.29, 1.82) is 0 Å². The van der Waals surface area contributed by atoms with Crippen molar-refractivity contribution in [2.75, 3.05) is 6.61 Å². The summed E-state index contributed by atoms with van der Waals surface area (Å²) in [5.74, 6) is -0.263. The SMILES string of the molecule is CCCCCCCC/C=C\CCCCCCCC(=O)OCC(N)C(O)C(O)CCCCCCCCCCCCCC. The van der Waals surface area contributed by atoms with Gasteiger partial charge in [0.2, 0.25) is 0 Å². The number of carbonyl (C=O) groups excluding carboxylic acids is 1. The number of unbranched alkanes of at least 4 members (excludes halogenated alkanes) is 22. The van der Waals surface area contributed by atoms with Crippen molar-refractivity contribution in [3.05, 3.63) is 12.2 Å². The summed E-state index contributed by atoms with van der Waals surface area (Å²) >= 11 is 0. The van der Waals surface area contributed by atoms with Gasteiger partial charge in [-0.3, -0.25) is 4.79 Å². The minimum atomic E-state index is -1.06. The summed E-state index contributed by atoms with van der Waals surface area (Å²) in [7, 11) is 0. The van der Waals surface area contributed by atoms with Gasteiger partial charge in [0, 0.05) is 6.42 Å². The predicted molar refractivity (Wildman–Crippen MR) is 176 cm³/mol. The maximum absolute atomic E-state index is 12.0. The van der Waals surface area contributed by atoms with Crippen LogP contribution in [0.4, 0.5) is 0 Å². The number of ether oxygens (including phenoxy) is 1. The number of aliphatic hydroxyl groups excluding tert-OH is 2. The average molecular weight is 582 g/mol. The van der Waals surface area contributed by atoms with E-state index in [4.69, 9.17) is 10.5 Å². The lowest BCUT2D eigenvalue weighted by atomic mass is 10.00. The highest BCUT2D eigenvalue weighted by atomic mass is 16.5. The molecule has 0 aliphatic carbocycles. The zero-order valence-corrected chi connectivity index (χ0v) is 27.5. The second-order valence-corrected chi connectivity index (χ2v) is 12.4. The van der Waals surface area contributed by atoms with Crippen LogP contribution in [0.25, 0.3) is 0 Å². The third-order valence-corrected chi connectivity index (χ3v) is 8.27. The van der Waals surface area contributed by atoms with Crippen molar-refractivity contribution in [2.45, 2.75) is 205 Å². The summed E-state index contributed by atoms with van der Waals surface area (Å²) in [6, 6.07) is -0.750. The Morgan fingerprint density at radius 2 is 1.00 bits per heavy atom. The van der Waals surface area contributed by atoms with Crippen LogP contribution < -0.4 is 5.73 Å². The molecular formula is C36H71NO4. The molecule has 0 aliphatic rings. The summed E-state index contributed by atoms with van der Waals surface area (Å²) < 4.78 is 5.27. The van der Waals surface area contributed by atoms with Crippen LogP contribution in [0.3, 0.4) is 0 Å². The standard InChI is InChI=1S/C36H71NO4/c1-3-5-7-9-11-13-15-17-18-19-21-23-25-27-29-31-35(39)41-32-33(37)36(40)34(38)30-28-26-24-22-20-16-14-12-10-8-6-4-2/h17-18,33-34,36,38,40H,3-16,19-32,37H2,1-2H3/b18-17-. The normalized spacial score (nSPS) is 14.0. The number of nitrogens with two attached hydrogens (primary N) is 1. The summed E-state index contributed by atoms with van der Waals surface area (Å²) in [5.41, 5.74) is 6.00. The molecule has 41 heavy (non-hydrogen) atoms. The van der Waals surface area contributed by atoms with Gasteiger partial charge in [-0.1, -0.05) is 154 Å². The predicted octanol–water partition coefficient (Wildman–Crippen LogP) is 9.71.